The smallest absolute Gasteiger partial charge is 0.183 e. The van der Waals surface area contributed by atoms with Gasteiger partial charge in [0, 0.05) is 6.42 Å². The Balaban J connectivity index is 1.79. The van der Waals surface area contributed by atoms with Gasteiger partial charge in [0.25, 0.3) is 0 Å². The lowest BCUT2D eigenvalue weighted by atomic mass is 10.1. The highest BCUT2D eigenvalue weighted by atomic mass is 16.5. The van der Waals surface area contributed by atoms with Crippen molar-refractivity contribution >= 4 is 5.90 Å². The van der Waals surface area contributed by atoms with Crippen LogP contribution in [0.3, 0.4) is 0 Å². The monoisotopic (exact) mass is 335 g/mol. The minimum Gasteiger partial charge on any atom is -0.478 e. The van der Waals surface area contributed by atoms with Gasteiger partial charge in [0.2, 0.25) is 0 Å². The van der Waals surface area contributed by atoms with E-state index in [9.17, 15) is 0 Å². The lowest BCUT2D eigenvalue weighted by Gasteiger charge is -2.07. The summed E-state index contributed by atoms with van der Waals surface area (Å²) in [6.07, 6.45) is 23.4. The number of hydrogen-bond acceptors (Lipinski definition) is 2. The van der Waals surface area contributed by atoms with Crippen LogP contribution in [0.1, 0.15) is 111 Å². The maximum Gasteiger partial charge on any atom is 0.183 e. The predicted molar refractivity (Wildman–Crippen MR) is 107 cm³/mol. The van der Waals surface area contributed by atoms with Gasteiger partial charge in [-0.2, -0.15) is 0 Å². The van der Waals surface area contributed by atoms with Crippen LogP contribution in [0.4, 0.5) is 0 Å². The van der Waals surface area contributed by atoms with Gasteiger partial charge in [-0.15, -0.1) is 0 Å². The van der Waals surface area contributed by atoms with Crippen molar-refractivity contribution in [1.82, 2.24) is 0 Å². The van der Waals surface area contributed by atoms with E-state index in [2.05, 4.69) is 37.9 Å². The Morgan fingerprint density at radius 1 is 0.833 bits per heavy atom. The van der Waals surface area contributed by atoms with E-state index in [1.165, 1.54) is 83.5 Å². The SMILES string of the molecule is CCCCCC/C=C\CCCCCCCCCC1=NC(C)(C)CO1. The number of unbranched alkanes of at least 4 members (excludes halogenated alkanes) is 11. The third-order valence-electron chi connectivity index (χ3n) is 4.67. The van der Waals surface area contributed by atoms with Crippen LogP contribution in [-0.2, 0) is 4.74 Å². The third-order valence-corrected chi connectivity index (χ3v) is 4.67. The van der Waals surface area contributed by atoms with Crippen LogP contribution < -0.4 is 0 Å². The molecule has 0 saturated heterocycles. The van der Waals surface area contributed by atoms with Crippen molar-refractivity contribution < 1.29 is 4.74 Å². The Kier molecular flexibility index (Phi) is 12.0. The average molecular weight is 336 g/mol. The zero-order chi connectivity index (χ0) is 17.5. The van der Waals surface area contributed by atoms with Crippen molar-refractivity contribution in [3.63, 3.8) is 0 Å². The summed E-state index contributed by atoms with van der Waals surface area (Å²) in [5.41, 5.74) is 0.0132. The van der Waals surface area contributed by atoms with Crippen LogP contribution in [0.5, 0.6) is 0 Å². The standard InChI is InChI=1S/C22H41NO/c1-4-5-6-7-8-9-10-11-12-13-14-15-16-17-18-19-21-23-22(2,3)20-24-21/h9-10H,4-8,11-20H2,1-3H3/b10-9-. The second-order valence-corrected chi connectivity index (χ2v) is 7.94. The van der Waals surface area contributed by atoms with Gasteiger partial charge >= 0.3 is 0 Å². The van der Waals surface area contributed by atoms with Gasteiger partial charge in [0.1, 0.15) is 6.61 Å². The highest BCUT2D eigenvalue weighted by Gasteiger charge is 2.25. The molecule has 0 N–H and O–H groups in total. The molecule has 0 bridgehead atoms. The van der Waals surface area contributed by atoms with Gasteiger partial charge in [0.05, 0.1) is 5.54 Å². The molecule has 0 atom stereocenters. The number of nitrogens with zero attached hydrogens (tertiary/aromatic N) is 1. The Labute approximate surface area is 151 Å². The number of hydrogen-bond donors (Lipinski definition) is 0. The molecule has 0 unspecified atom stereocenters. The summed E-state index contributed by atoms with van der Waals surface area (Å²) < 4.78 is 5.63. The van der Waals surface area contributed by atoms with E-state index in [1.807, 2.05) is 0 Å². The lowest BCUT2D eigenvalue weighted by Crippen LogP contribution is -2.17. The van der Waals surface area contributed by atoms with Crippen molar-refractivity contribution in [3.8, 4) is 0 Å². The average Bonchev–Trinajstić information content (AvgIpc) is 2.90. The summed E-state index contributed by atoms with van der Waals surface area (Å²) in [5, 5.41) is 0. The molecule has 0 amide bonds. The molecule has 0 aromatic heterocycles. The van der Waals surface area contributed by atoms with Crippen LogP contribution >= 0.6 is 0 Å². The molecule has 0 spiro atoms. The highest BCUT2D eigenvalue weighted by molar-refractivity contribution is 5.78. The summed E-state index contributed by atoms with van der Waals surface area (Å²) in [6, 6.07) is 0. The molecule has 0 saturated carbocycles. The molecule has 0 aromatic rings. The Bertz CT molecular complexity index is 357. The Morgan fingerprint density at radius 3 is 1.92 bits per heavy atom. The molecular weight excluding hydrogens is 294 g/mol. The molecule has 1 heterocycles. The van der Waals surface area contributed by atoms with E-state index in [0.717, 1.165) is 18.9 Å². The first-order valence-corrected chi connectivity index (χ1v) is 10.5. The summed E-state index contributed by atoms with van der Waals surface area (Å²) in [5.74, 6) is 0.987. The molecule has 1 aliphatic rings. The fraction of sp³-hybridized carbons (Fsp3) is 0.864. The summed E-state index contributed by atoms with van der Waals surface area (Å²) in [7, 11) is 0. The van der Waals surface area contributed by atoms with Crippen LogP contribution in [-0.4, -0.2) is 18.0 Å². The summed E-state index contributed by atoms with van der Waals surface area (Å²) >= 11 is 0. The lowest BCUT2D eigenvalue weighted by molar-refractivity contribution is 0.273. The first-order chi connectivity index (χ1) is 11.6. The maximum atomic E-state index is 5.63. The molecule has 24 heavy (non-hydrogen) atoms. The summed E-state index contributed by atoms with van der Waals surface area (Å²) in [6.45, 7) is 7.31. The maximum absolute atomic E-state index is 5.63. The van der Waals surface area contributed by atoms with Crippen molar-refractivity contribution in [3.05, 3.63) is 12.2 Å². The van der Waals surface area contributed by atoms with E-state index in [0.29, 0.717) is 0 Å². The topological polar surface area (TPSA) is 21.6 Å². The minimum atomic E-state index is 0.0132. The molecule has 0 aliphatic carbocycles. The number of rotatable bonds is 15. The van der Waals surface area contributed by atoms with Crippen LogP contribution in [0, 0.1) is 0 Å². The van der Waals surface area contributed by atoms with Gasteiger partial charge in [-0.3, -0.25) is 0 Å². The number of ether oxygens (including phenoxy) is 1. The fourth-order valence-electron chi connectivity index (χ4n) is 3.14. The largest absolute Gasteiger partial charge is 0.478 e. The van der Waals surface area contributed by atoms with Gasteiger partial charge in [0.15, 0.2) is 5.90 Å². The second-order valence-electron chi connectivity index (χ2n) is 7.94. The van der Waals surface area contributed by atoms with Gasteiger partial charge < -0.3 is 4.74 Å². The van der Waals surface area contributed by atoms with Gasteiger partial charge in [-0.05, 0) is 46.0 Å². The molecule has 0 aromatic carbocycles. The van der Waals surface area contributed by atoms with E-state index < -0.39 is 0 Å². The van der Waals surface area contributed by atoms with Crippen LogP contribution in [0.2, 0.25) is 0 Å². The Morgan fingerprint density at radius 2 is 1.38 bits per heavy atom. The van der Waals surface area contributed by atoms with E-state index in [4.69, 9.17) is 4.74 Å². The first-order valence-electron chi connectivity index (χ1n) is 10.5. The second kappa shape index (κ2) is 13.5. The van der Waals surface area contributed by atoms with Crippen molar-refractivity contribution in [1.29, 1.82) is 0 Å². The molecule has 140 valence electrons. The molecule has 2 heteroatoms. The molecule has 2 nitrogen and oxygen atoms in total. The zero-order valence-electron chi connectivity index (χ0n) is 16.6. The van der Waals surface area contributed by atoms with Crippen molar-refractivity contribution in [2.75, 3.05) is 6.61 Å². The van der Waals surface area contributed by atoms with Crippen LogP contribution in [0.25, 0.3) is 0 Å². The third kappa shape index (κ3) is 11.7. The number of aliphatic imine (C=N–C) groups is 1. The number of allylic oxidation sites excluding steroid dienone is 2. The highest BCUT2D eigenvalue weighted by Crippen LogP contribution is 2.20. The zero-order valence-corrected chi connectivity index (χ0v) is 16.6. The van der Waals surface area contributed by atoms with Crippen LogP contribution in [0.15, 0.2) is 17.1 Å². The van der Waals surface area contributed by atoms with Gasteiger partial charge in [-0.1, -0.05) is 70.4 Å². The molecule has 1 rings (SSSR count). The fourth-order valence-corrected chi connectivity index (χ4v) is 3.14. The first kappa shape index (κ1) is 21.3. The van der Waals surface area contributed by atoms with Crippen molar-refractivity contribution in [2.45, 2.75) is 116 Å². The van der Waals surface area contributed by atoms with Crippen molar-refractivity contribution in [2.24, 2.45) is 4.99 Å². The molecule has 0 fully saturated rings. The van der Waals surface area contributed by atoms with Gasteiger partial charge in [-0.25, -0.2) is 4.99 Å². The minimum absolute atomic E-state index is 0.0132. The van der Waals surface area contributed by atoms with E-state index in [-0.39, 0.29) is 5.54 Å². The molecular formula is C22H41NO. The quantitative estimate of drug-likeness (QED) is 0.228. The normalized spacial score (nSPS) is 16.5. The Hall–Kier alpha value is -0.790. The van der Waals surface area contributed by atoms with E-state index >= 15 is 0 Å². The van der Waals surface area contributed by atoms with E-state index in [1.54, 1.807) is 0 Å². The summed E-state index contributed by atoms with van der Waals surface area (Å²) in [4.78, 5) is 4.61. The molecule has 0 radical (unpaired) electrons. The predicted octanol–water partition coefficient (Wildman–Crippen LogP) is 7.23. The molecule has 1 aliphatic heterocycles.